The van der Waals surface area contributed by atoms with E-state index in [1.165, 1.54) is 6.92 Å². The molecule has 1 aromatic rings. The van der Waals surface area contributed by atoms with Gasteiger partial charge >= 0.3 is 11.9 Å². The minimum atomic E-state index is -1.79. The molecule has 0 spiro atoms. The van der Waals surface area contributed by atoms with Gasteiger partial charge in [0.2, 0.25) is 59.1 Å². The van der Waals surface area contributed by atoms with E-state index in [9.17, 15) is 67.7 Å². The maximum absolute atomic E-state index is 14.3. The highest BCUT2D eigenvalue weighted by molar-refractivity contribution is 5.99. The molecule has 456 valence electrons. The number of hydrogen-bond acceptors (Lipinski definition) is 16. The van der Waals surface area contributed by atoms with Gasteiger partial charge in [0.1, 0.15) is 48.3 Å². The van der Waals surface area contributed by atoms with Crippen molar-refractivity contribution in [2.45, 2.75) is 186 Å². The molecule has 28 heteroatoms. The molecular weight excluding hydrogens is 1060 g/mol. The monoisotopic (exact) mass is 1150 g/mol. The number of nitrogens with one attached hydrogen (secondary N) is 9. The fraction of sp³-hybridized carbons (Fsp3) is 0.660. The van der Waals surface area contributed by atoms with Gasteiger partial charge in [0.05, 0.1) is 31.5 Å². The molecule has 0 aliphatic rings. The zero-order chi connectivity index (χ0) is 61.5. The number of nitrogens with two attached hydrogens (primary N) is 4. The number of benzene rings is 1. The maximum atomic E-state index is 14.3. The summed E-state index contributed by atoms with van der Waals surface area (Å²) in [5.74, 6) is -12.8. The Labute approximate surface area is 472 Å². The minimum Gasteiger partial charge on any atom is -0.481 e. The summed E-state index contributed by atoms with van der Waals surface area (Å²) in [6, 6.07) is -4.65. The summed E-state index contributed by atoms with van der Waals surface area (Å²) in [6.07, 6.45) is -1.23. The van der Waals surface area contributed by atoms with Gasteiger partial charge in [0, 0.05) is 6.42 Å². The quantitative estimate of drug-likeness (QED) is 0.0287. The second kappa shape index (κ2) is 37.6. The van der Waals surface area contributed by atoms with E-state index in [1.807, 2.05) is 13.8 Å². The number of carboxylic acid groups (broad SMARTS) is 2. The standard InChI is InChI=1S/C53H89N13O15/c1-8-30(6)43(53(80)81)65-50(77)36(22-28(2)3)62-47(74)35(19-13-15-21-55)59-41(69)27-58-46(73)34(18-12-14-20-54)60-48(75)38(24-32-16-10-9-11-17-32)64-52(79)44(31(7)67)66-51(78)37(23-29(4)5)63-49(76)39(26-40(57)68)61-45(72)33(56)25-42(70)71/h9-11,16-17,28-31,33-39,43-44,67H,8,12-15,18-27,54-56H2,1-7H3,(H2,57,68)(H,58,73)(H,59,69)(H,60,75)(H,61,72)(H,62,74)(H,63,76)(H,64,79)(H,65,77)(H,66,78)(H,70,71)(H,80,81)/t30-,31+,33-,34-,35-,36-,37-,38-,39-,43-,44-/m0/s1. The number of aliphatic hydroxyl groups excluding tert-OH is 1. The van der Waals surface area contributed by atoms with Crippen LogP contribution in [0, 0.1) is 17.8 Å². The molecule has 81 heavy (non-hydrogen) atoms. The molecule has 10 amide bonds. The second-order valence-electron chi connectivity index (χ2n) is 21.0. The first-order chi connectivity index (χ1) is 38.0. The number of carbonyl (C=O) groups excluding carboxylic acids is 10. The van der Waals surface area contributed by atoms with Crippen LogP contribution in [0.2, 0.25) is 0 Å². The van der Waals surface area contributed by atoms with Crippen molar-refractivity contribution in [1.29, 1.82) is 0 Å². The van der Waals surface area contributed by atoms with E-state index < -0.39 is 157 Å². The number of unbranched alkanes of at least 4 members (excludes halogenated alkanes) is 2. The van der Waals surface area contributed by atoms with E-state index in [4.69, 9.17) is 28.0 Å². The first-order valence-electron chi connectivity index (χ1n) is 27.3. The number of amides is 10. The molecule has 1 aromatic carbocycles. The van der Waals surface area contributed by atoms with Crippen LogP contribution < -0.4 is 70.8 Å². The van der Waals surface area contributed by atoms with Gasteiger partial charge in [-0.05, 0) is 94.7 Å². The molecule has 0 fully saturated rings. The Bertz CT molecular complexity index is 2250. The molecule has 0 aliphatic heterocycles. The van der Waals surface area contributed by atoms with Crippen molar-refractivity contribution in [1.82, 2.24) is 47.9 Å². The summed E-state index contributed by atoms with van der Waals surface area (Å²) < 4.78 is 0. The van der Waals surface area contributed by atoms with Gasteiger partial charge in [0.15, 0.2) is 0 Å². The third-order valence-electron chi connectivity index (χ3n) is 12.8. The summed E-state index contributed by atoms with van der Waals surface area (Å²) >= 11 is 0. The first-order valence-corrected chi connectivity index (χ1v) is 27.3. The maximum Gasteiger partial charge on any atom is 0.326 e. The van der Waals surface area contributed by atoms with Crippen LogP contribution in [0.15, 0.2) is 30.3 Å². The van der Waals surface area contributed by atoms with Crippen molar-refractivity contribution in [2.75, 3.05) is 19.6 Å². The van der Waals surface area contributed by atoms with Crippen LogP contribution in [0.1, 0.15) is 125 Å². The average molecular weight is 1150 g/mol. The highest BCUT2D eigenvalue weighted by Gasteiger charge is 2.37. The SMILES string of the molecule is CC[C@H](C)[C@H](NC(=O)[C@H](CC(C)C)NC(=O)[C@H](CCCCN)NC(=O)CNC(=O)[C@H](CCCCN)NC(=O)[C@H](Cc1ccccc1)NC(=O)[C@@H](NC(=O)[C@H](CC(C)C)NC(=O)[C@H](CC(N)=O)NC(=O)[C@@H](N)CC(=O)O)[C@@H](C)O)C(=O)O. The Morgan fingerprint density at radius 2 is 0.963 bits per heavy atom. The van der Waals surface area contributed by atoms with E-state index >= 15 is 0 Å². The molecule has 0 unspecified atom stereocenters. The molecule has 0 aliphatic carbocycles. The van der Waals surface area contributed by atoms with Crippen molar-refractivity contribution >= 4 is 71.0 Å². The molecular formula is C53H89N13O15. The van der Waals surface area contributed by atoms with Crippen molar-refractivity contribution in [2.24, 2.45) is 40.7 Å². The van der Waals surface area contributed by atoms with E-state index in [0.29, 0.717) is 37.7 Å². The third kappa shape index (κ3) is 28.1. The van der Waals surface area contributed by atoms with Crippen molar-refractivity contribution < 1.29 is 72.9 Å². The first kappa shape index (κ1) is 71.7. The predicted molar refractivity (Wildman–Crippen MR) is 296 cm³/mol. The summed E-state index contributed by atoms with van der Waals surface area (Å²) in [7, 11) is 0. The molecule has 11 atom stereocenters. The number of aliphatic hydroxyl groups is 1. The number of aliphatic carboxylic acids is 2. The lowest BCUT2D eigenvalue weighted by Gasteiger charge is -2.29. The Balaban J connectivity index is 3.46. The third-order valence-corrected chi connectivity index (χ3v) is 12.8. The molecule has 0 bridgehead atoms. The number of carboxylic acids is 2. The highest BCUT2D eigenvalue weighted by atomic mass is 16.4. The molecule has 1 rings (SSSR count). The van der Waals surface area contributed by atoms with E-state index in [-0.39, 0.29) is 57.0 Å². The Morgan fingerprint density at radius 3 is 1.42 bits per heavy atom. The van der Waals surface area contributed by atoms with E-state index in [2.05, 4.69) is 47.9 Å². The summed E-state index contributed by atoms with van der Waals surface area (Å²) in [4.78, 5) is 158. The van der Waals surface area contributed by atoms with Crippen molar-refractivity contribution in [3.05, 3.63) is 35.9 Å². The van der Waals surface area contributed by atoms with Gasteiger partial charge < -0.3 is 86.1 Å². The number of rotatable bonds is 40. The number of primary amides is 1. The highest BCUT2D eigenvalue weighted by Crippen LogP contribution is 2.14. The van der Waals surface area contributed by atoms with Crippen LogP contribution in [-0.2, 0) is 64.0 Å². The van der Waals surface area contributed by atoms with Gasteiger partial charge in [-0.25, -0.2) is 4.79 Å². The predicted octanol–water partition coefficient (Wildman–Crippen LogP) is -3.24. The largest absolute Gasteiger partial charge is 0.481 e. The van der Waals surface area contributed by atoms with Crippen LogP contribution in [-0.4, -0.2) is 166 Å². The summed E-state index contributed by atoms with van der Waals surface area (Å²) in [5.41, 5.74) is 22.9. The number of carbonyl (C=O) groups is 12. The average Bonchev–Trinajstić information content (AvgIpc) is 3.39. The molecule has 0 aromatic heterocycles. The Morgan fingerprint density at radius 1 is 0.519 bits per heavy atom. The minimum absolute atomic E-state index is 0.0000211. The molecule has 0 saturated carbocycles. The van der Waals surface area contributed by atoms with Crippen LogP contribution in [0.25, 0.3) is 0 Å². The number of hydrogen-bond donors (Lipinski definition) is 16. The molecule has 20 N–H and O–H groups in total. The van der Waals surface area contributed by atoms with Crippen molar-refractivity contribution in [3.63, 3.8) is 0 Å². The molecule has 0 heterocycles. The summed E-state index contributed by atoms with van der Waals surface area (Å²) in [6.45, 7) is 11.4. The van der Waals surface area contributed by atoms with Gasteiger partial charge in [-0.15, -0.1) is 0 Å². The Hall–Kier alpha value is -7.30. The second-order valence-corrected chi connectivity index (χ2v) is 21.0. The Kier molecular flexibility index (Phi) is 33.3. The lowest BCUT2D eigenvalue weighted by molar-refractivity contribution is -0.144. The fourth-order valence-electron chi connectivity index (χ4n) is 8.17. The zero-order valence-corrected chi connectivity index (χ0v) is 47.5. The van der Waals surface area contributed by atoms with E-state index in [1.54, 1.807) is 58.0 Å². The fourth-order valence-corrected chi connectivity index (χ4v) is 8.17. The lowest BCUT2D eigenvalue weighted by atomic mass is 9.97. The normalized spacial score (nSPS) is 15.3. The molecule has 0 saturated heterocycles. The van der Waals surface area contributed by atoms with Crippen LogP contribution in [0.3, 0.4) is 0 Å². The molecule has 28 nitrogen and oxygen atoms in total. The van der Waals surface area contributed by atoms with Crippen LogP contribution >= 0.6 is 0 Å². The van der Waals surface area contributed by atoms with Crippen molar-refractivity contribution in [3.8, 4) is 0 Å². The zero-order valence-electron chi connectivity index (χ0n) is 47.5. The topological polar surface area (TPSA) is 478 Å². The van der Waals surface area contributed by atoms with Gasteiger partial charge in [-0.1, -0.05) is 78.3 Å². The van der Waals surface area contributed by atoms with Gasteiger partial charge in [-0.3, -0.25) is 52.7 Å². The summed E-state index contributed by atoms with van der Waals surface area (Å²) in [5, 5.41) is 52.1. The smallest absolute Gasteiger partial charge is 0.326 e. The van der Waals surface area contributed by atoms with E-state index in [0.717, 1.165) is 0 Å². The van der Waals surface area contributed by atoms with Crippen LogP contribution in [0.4, 0.5) is 0 Å². The van der Waals surface area contributed by atoms with Crippen LogP contribution in [0.5, 0.6) is 0 Å². The molecule has 0 radical (unpaired) electrons. The van der Waals surface area contributed by atoms with Gasteiger partial charge in [-0.2, -0.15) is 0 Å². The lowest BCUT2D eigenvalue weighted by Crippen LogP contribution is -2.62. The van der Waals surface area contributed by atoms with Gasteiger partial charge in [0.25, 0.3) is 0 Å².